The highest BCUT2D eigenvalue weighted by Gasteiger charge is 2.24. The Kier molecular flexibility index (Phi) is 2.77. The number of benzene rings is 2. The number of hydrogen-bond acceptors (Lipinski definition) is 1. The zero-order valence-corrected chi connectivity index (χ0v) is 10.4. The molecule has 1 aliphatic carbocycles. The molecule has 1 aliphatic rings. The van der Waals surface area contributed by atoms with Gasteiger partial charge in [0.1, 0.15) is 6.10 Å². The molecule has 18 heavy (non-hydrogen) atoms. The van der Waals surface area contributed by atoms with Crippen molar-refractivity contribution in [3.05, 3.63) is 76.4 Å². The van der Waals surface area contributed by atoms with Gasteiger partial charge in [-0.15, -0.1) is 0 Å². The van der Waals surface area contributed by atoms with Gasteiger partial charge in [0.15, 0.2) is 0 Å². The quantitative estimate of drug-likeness (QED) is 0.801. The topological polar surface area (TPSA) is 20.2 Å². The van der Waals surface area contributed by atoms with E-state index in [2.05, 4.69) is 43.3 Å². The Bertz CT molecular complexity index is 611. The van der Waals surface area contributed by atoms with E-state index in [0.29, 0.717) is 0 Å². The first kappa shape index (κ1) is 11.2. The molecule has 2 aromatic carbocycles. The number of rotatable bonds is 1. The van der Waals surface area contributed by atoms with E-state index in [-0.39, 0.29) is 0 Å². The van der Waals surface area contributed by atoms with E-state index >= 15 is 0 Å². The third-order valence-electron chi connectivity index (χ3n) is 3.49. The van der Waals surface area contributed by atoms with Crippen LogP contribution in [0.1, 0.15) is 28.4 Å². The lowest BCUT2D eigenvalue weighted by Gasteiger charge is -2.06. The van der Waals surface area contributed by atoms with Crippen molar-refractivity contribution in [2.75, 3.05) is 0 Å². The molecule has 0 saturated heterocycles. The van der Waals surface area contributed by atoms with E-state index < -0.39 is 6.10 Å². The molecule has 0 radical (unpaired) electrons. The van der Waals surface area contributed by atoms with Crippen LogP contribution in [0.5, 0.6) is 0 Å². The summed E-state index contributed by atoms with van der Waals surface area (Å²) < 4.78 is 0. The zero-order chi connectivity index (χ0) is 12.5. The fraction of sp³-hybridized carbons (Fsp3) is 0.176. The molecule has 1 unspecified atom stereocenters. The monoisotopic (exact) mass is 236 g/mol. The third-order valence-corrected chi connectivity index (χ3v) is 3.49. The predicted octanol–water partition coefficient (Wildman–Crippen LogP) is 3.67. The number of fused-ring (bicyclic) bond motifs is 1. The van der Waals surface area contributed by atoms with Gasteiger partial charge in [-0.2, -0.15) is 0 Å². The van der Waals surface area contributed by atoms with E-state index in [0.717, 1.165) is 23.1 Å². The van der Waals surface area contributed by atoms with E-state index in [1.165, 1.54) is 11.1 Å². The predicted molar refractivity (Wildman–Crippen MR) is 74.3 cm³/mol. The van der Waals surface area contributed by atoms with E-state index in [4.69, 9.17) is 0 Å². The summed E-state index contributed by atoms with van der Waals surface area (Å²) in [6.07, 6.45) is 2.52. The summed E-state index contributed by atoms with van der Waals surface area (Å²) in [7, 11) is 0. The fourth-order valence-electron chi connectivity index (χ4n) is 2.58. The Hall–Kier alpha value is -1.86. The highest BCUT2D eigenvalue weighted by atomic mass is 16.3. The van der Waals surface area contributed by atoms with Crippen LogP contribution < -0.4 is 0 Å². The second kappa shape index (κ2) is 4.43. The van der Waals surface area contributed by atoms with Crippen LogP contribution in [0, 0.1) is 6.92 Å². The van der Waals surface area contributed by atoms with Crippen molar-refractivity contribution >= 4 is 6.08 Å². The van der Waals surface area contributed by atoms with Crippen LogP contribution in [0.4, 0.5) is 0 Å². The summed E-state index contributed by atoms with van der Waals surface area (Å²) in [6.45, 7) is 2.09. The smallest absolute Gasteiger partial charge is 0.101 e. The summed E-state index contributed by atoms with van der Waals surface area (Å²) in [5.74, 6) is 0. The van der Waals surface area contributed by atoms with Gasteiger partial charge in [-0.05, 0) is 35.6 Å². The number of aliphatic hydroxyl groups excluding tert-OH is 1. The minimum absolute atomic E-state index is 0.443. The second-order valence-electron chi connectivity index (χ2n) is 4.91. The molecule has 1 heteroatoms. The van der Waals surface area contributed by atoms with Gasteiger partial charge >= 0.3 is 0 Å². The molecule has 0 heterocycles. The Morgan fingerprint density at radius 1 is 1.11 bits per heavy atom. The SMILES string of the molecule is Cc1cccc(/C=C2\Cc3ccccc3C2O)c1. The lowest BCUT2D eigenvalue weighted by atomic mass is 10.1. The number of aryl methyl sites for hydroxylation is 1. The van der Waals surface area contributed by atoms with Crippen LogP contribution in [0.2, 0.25) is 0 Å². The van der Waals surface area contributed by atoms with Gasteiger partial charge in [0.2, 0.25) is 0 Å². The van der Waals surface area contributed by atoms with Crippen molar-refractivity contribution in [1.29, 1.82) is 0 Å². The maximum absolute atomic E-state index is 10.3. The van der Waals surface area contributed by atoms with Crippen LogP contribution in [-0.4, -0.2) is 5.11 Å². The Morgan fingerprint density at radius 2 is 1.94 bits per heavy atom. The summed E-state index contributed by atoms with van der Waals surface area (Å²) in [5.41, 5.74) is 5.79. The molecular weight excluding hydrogens is 220 g/mol. The molecule has 0 spiro atoms. The standard InChI is InChI=1S/C17H16O/c1-12-5-4-6-13(9-12)10-15-11-14-7-2-3-8-16(14)17(15)18/h2-10,17-18H,11H2,1H3/b15-10+. The van der Waals surface area contributed by atoms with Crippen molar-refractivity contribution in [1.82, 2.24) is 0 Å². The first-order valence-corrected chi connectivity index (χ1v) is 6.27. The van der Waals surface area contributed by atoms with Crippen molar-refractivity contribution in [3.8, 4) is 0 Å². The summed E-state index contributed by atoms with van der Waals surface area (Å²) in [5, 5.41) is 10.3. The molecule has 0 amide bonds. The fourth-order valence-corrected chi connectivity index (χ4v) is 2.58. The first-order chi connectivity index (χ1) is 8.74. The largest absolute Gasteiger partial charge is 0.384 e. The van der Waals surface area contributed by atoms with Crippen LogP contribution >= 0.6 is 0 Å². The highest BCUT2D eigenvalue weighted by Crippen LogP contribution is 2.36. The third kappa shape index (κ3) is 1.98. The number of aliphatic hydroxyl groups is 1. The summed E-state index contributed by atoms with van der Waals surface area (Å²) in [4.78, 5) is 0. The molecule has 2 aromatic rings. The van der Waals surface area contributed by atoms with Gasteiger partial charge in [0.25, 0.3) is 0 Å². The minimum atomic E-state index is -0.443. The molecule has 0 saturated carbocycles. The average Bonchev–Trinajstić information content (AvgIpc) is 2.67. The molecule has 0 fully saturated rings. The van der Waals surface area contributed by atoms with Crippen LogP contribution in [0.25, 0.3) is 6.08 Å². The lowest BCUT2D eigenvalue weighted by molar-refractivity contribution is 0.222. The number of hydrogen-bond donors (Lipinski definition) is 1. The van der Waals surface area contributed by atoms with Crippen molar-refractivity contribution in [2.24, 2.45) is 0 Å². The summed E-state index contributed by atoms with van der Waals surface area (Å²) >= 11 is 0. The normalized spacial score (nSPS) is 20.1. The van der Waals surface area contributed by atoms with Crippen LogP contribution in [0.3, 0.4) is 0 Å². The van der Waals surface area contributed by atoms with Gasteiger partial charge in [-0.3, -0.25) is 0 Å². The van der Waals surface area contributed by atoms with Crippen molar-refractivity contribution in [2.45, 2.75) is 19.4 Å². The van der Waals surface area contributed by atoms with Gasteiger partial charge in [0, 0.05) is 0 Å². The molecule has 0 bridgehead atoms. The summed E-state index contributed by atoms with van der Waals surface area (Å²) in [6, 6.07) is 16.5. The molecule has 3 rings (SSSR count). The Morgan fingerprint density at radius 3 is 2.72 bits per heavy atom. The molecular formula is C17H16O. The minimum Gasteiger partial charge on any atom is -0.384 e. The van der Waals surface area contributed by atoms with Crippen molar-refractivity contribution < 1.29 is 5.11 Å². The van der Waals surface area contributed by atoms with Crippen molar-refractivity contribution in [3.63, 3.8) is 0 Å². The van der Waals surface area contributed by atoms with E-state index in [1.54, 1.807) is 0 Å². The molecule has 1 N–H and O–H groups in total. The Balaban J connectivity index is 1.97. The molecule has 90 valence electrons. The highest BCUT2D eigenvalue weighted by molar-refractivity contribution is 5.59. The van der Waals surface area contributed by atoms with Gasteiger partial charge in [0.05, 0.1) is 0 Å². The molecule has 1 nitrogen and oxygen atoms in total. The zero-order valence-electron chi connectivity index (χ0n) is 10.4. The maximum atomic E-state index is 10.3. The van der Waals surface area contributed by atoms with Crippen LogP contribution in [0.15, 0.2) is 54.1 Å². The van der Waals surface area contributed by atoms with Gasteiger partial charge < -0.3 is 5.11 Å². The molecule has 0 aromatic heterocycles. The molecule has 0 aliphatic heterocycles. The van der Waals surface area contributed by atoms with Crippen LogP contribution in [-0.2, 0) is 6.42 Å². The lowest BCUT2D eigenvalue weighted by Crippen LogP contribution is -1.93. The van der Waals surface area contributed by atoms with Gasteiger partial charge in [-0.25, -0.2) is 0 Å². The second-order valence-corrected chi connectivity index (χ2v) is 4.91. The first-order valence-electron chi connectivity index (χ1n) is 6.27. The molecule has 1 atom stereocenters. The van der Waals surface area contributed by atoms with Gasteiger partial charge in [-0.1, -0.05) is 60.2 Å². The average molecular weight is 236 g/mol. The Labute approximate surface area is 107 Å². The van der Waals surface area contributed by atoms with E-state index in [1.807, 2.05) is 18.2 Å². The van der Waals surface area contributed by atoms with E-state index in [9.17, 15) is 5.11 Å². The maximum Gasteiger partial charge on any atom is 0.101 e.